The van der Waals surface area contributed by atoms with Gasteiger partial charge in [0.1, 0.15) is 25.4 Å². The molecule has 6 heteroatoms. The Bertz CT molecular complexity index is 294. The zero-order chi connectivity index (χ0) is 13.5. The molecule has 0 heterocycles. The van der Waals surface area contributed by atoms with Gasteiger partial charge >= 0.3 is 5.97 Å². The van der Waals surface area contributed by atoms with E-state index in [1.54, 1.807) is 0 Å². The van der Waals surface area contributed by atoms with Gasteiger partial charge in [0.25, 0.3) is 0 Å². The van der Waals surface area contributed by atoms with E-state index in [1.807, 2.05) is 0 Å². The highest BCUT2D eigenvalue weighted by molar-refractivity contribution is 5.88. The molecule has 0 aromatic carbocycles. The van der Waals surface area contributed by atoms with Gasteiger partial charge < -0.3 is 14.2 Å². The van der Waals surface area contributed by atoms with Gasteiger partial charge in [0, 0.05) is 7.11 Å². The highest BCUT2D eigenvalue weighted by Crippen LogP contribution is 2.10. The maximum absolute atomic E-state index is 11.5. The Kier molecular flexibility index (Phi) is 6.60. The number of rotatable bonds is 8. The molecule has 98 valence electrons. The normalized spacial score (nSPS) is 11.1. The molecule has 0 radical (unpaired) electrons. The fourth-order valence-corrected chi connectivity index (χ4v) is 0.849. The predicted molar refractivity (Wildman–Crippen MR) is 58.6 cm³/mol. The first-order chi connectivity index (χ1) is 7.79. The van der Waals surface area contributed by atoms with E-state index in [0.717, 1.165) is 0 Å². The molecule has 0 unspecified atom stereocenters. The van der Waals surface area contributed by atoms with Crippen LogP contribution in [0.3, 0.4) is 0 Å². The van der Waals surface area contributed by atoms with Gasteiger partial charge in [0.05, 0.1) is 0 Å². The van der Waals surface area contributed by atoms with Crippen molar-refractivity contribution >= 4 is 17.5 Å². The van der Waals surface area contributed by atoms with Crippen LogP contribution >= 0.6 is 0 Å². The number of carbonyl (C=O) groups excluding carboxylic acids is 3. The summed E-state index contributed by atoms with van der Waals surface area (Å²) in [5.41, 5.74) is -1.12. The average molecular weight is 246 g/mol. The number of hydrogen-bond donors (Lipinski definition) is 0. The topological polar surface area (TPSA) is 78.9 Å². The smallest absolute Gasteiger partial charge is 0.332 e. The Balaban J connectivity index is 4.04. The molecule has 0 saturated heterocycles. The molecule has 0 aliphatic carbocycles. The molecule has 0 aromatic heterocycles. The molecule has 0 spiro atoms. The third kappa shape index (κ3) is 6.80. The second-order valence-corrected chi connectivity index (χ2v) is 4.02. The van der Waals surface area contributed by atoms with E-state index in [2.05, 4.69) is 9.47 Å². The molecular formula is C11H18O6. The fourth-order valence-electron chi connectivity index (χ4n) is 0.849. The van der Waals surface area contributed by atoms with Crippen LogP contribution in [0.25, 0.3) is 0 Å². The lowest BCUT2D eigenvalue weighted by molar-refractivity contribution is -0.161. The van der Waals surface area contributed by atoms with Crippen molar-refractivity contribution in [1.82, 2.24) is 0 Å². The van der Waals surface area contributed by atoms with E-state index < -0.39 is 11.6 Å². The standard InChI is InChI=1S/C11H18O6/c1-8(12)5-16-10(14)7-17-11(2,3)9(13)6-15-4/h5-7H2,1-4H3. The molecule has 0 saturated carbocycles. The van der Waals surface area contributed by atoms with Crippen LogP contribution in [0.5, 0.6) is 0 Å². The number of ketones is 2. The average Bonchev–Trinajstić information content (AvgIpc) is 2.24. The summed E-state index contributed by atoms with van der Waals surface area (Å²) >= 11 is 0. The SMILES string of the molecule is COCC(=O)C(C)(C)OCC(=O)OCC(C)=O. The summed E-state index contributed by atoms with van der Waals surface area (Å²) in [6.07, 6.45) is 0. The van der Waals surface area contributed by atoms with Gasteiger partial charge in [-0.3, -0.25) is 9.59 Å². The van der Waals surface area contributed by atoms with Gasteiger partial charge in [-0.05, 0) is 20.8 Å². The van der Waals surface area contributed by atoms with Gasteiger partial charge in [-0.15, -0.1) is 0 Å². The first kappa shape index (κ1) is 15.7. The third-order valence-electron chi connectivity index (χ3n) is 1.93. The molecule has 0 atom stereocenters. The Hall–Kier alpha value is -1.27. The molecule has 0 fully saturated rings. The van der Waals surface area contributed by atoms with Crippen LogP contribution in [-0.4, -0.2) is 50.1 Å². The van der Waals surface area contributed by atoms with Crippen LogP contribution in [0, 0.1) is 0 Å². The summed E-state index contributed by atoms with van der Waals surface area (Å²) in [6, 6.07) is 0. The van der Waals surface area contributed by atoms with Crippen molar-refractivity contribution in [3.05, 3.63) is 0 Å². The van der Waals surface area contributed by atoms with Crippen LogP contribution in [0.1, 0.15) is 20.8 Å². The minimum absolute atomic E-state index is 0.0878. The summed E-state index contributed by atoms with van der Waals surface area (Å²) in [4.78, 5) is 33.2. The van der Waals surface area contributed by atoms with Crippen molar-refractivity contribution < 1.29 is 28.6 Å². The van der Waals surface area contributed by atoms with E-state index >= 15 is 0 Å². The van der Waals surface area contributed by atoms with Crippen molar-refractivity contribution in [2.45, 2.75) is 26.4 Å². The van der Waals surface area contributed by atoms with E-state index in [4.69, 9.17) is 4.74 Å². The Morgan fingerprint density at radius 1 is 1.06 bits per heavy atom. The molecule has 0 aliphatic heterocycles. The maximum Gasteiger partial charge on any atom is 0.332 e. The van der Waals surface area contributed by atoms with Crippen molar-refractivity contribution in [3.8, 4) is 0 Å². The van der Waals surface area contributed by atoms with Crippen LogP contribution < -0.4 is 0 Å². The second-order valence-electron chi connectivity index (χ2n) is 4.02. The van der Waals surface area contributed by atoms with E-state index in [9.17, 15) is 14.4 Å². The zero-order valence-electron chi connectivity index (χ0n) is 10.6. The minimum Gasteiger partial charge on any atom is -0.456 e. The lowest BCUT2D eigenvalue weighted by atomic mass is 10.0. The highest BCUT2D eigenvalue weighted by atomic mass is 16.6. The summed E-state index contributed by atoms with van der Waals surface area (Å²) in [5, 5.41) is 0. The van der Waals surface area contributed by atoms with Gasteiger partial charge in [0.15, 0.2) is 11.6 Å². The van der Waals surface area contributed by atoms with Crippen LogP contribution in [0.4, 0.5) is 0 Å². The summed E-state index contributed by atoms with van der Waals surface area (Å²) < 4.78 is 14.4. The lowest BCUT2D eigenvalue weighted by Crippen LogP contribution is -2.39. The quantitative estimate of drug-likeness (QED) is 0.566. The van der Waals surface area contributed by atoms with E-state index in [0.29, 0.717) is 0 Å². The summed E-state index contributed by atoms with van der Waals surface area (Å²) in [7, 11) is 1.40. The monoisotopic (exact) mass is 246 g/mol. The molecule has 0 rings (SSSR count). The fraction of sp³-hybridized carbons (Fsp3) is 0.727. The molecular weight excluding hydrogens is 228 g/mol. The minimum atomic E-state index is -1.12. The molecule has 17 heavy (non-hydrogen) atoms. The number of hydrogen-bond acceptors (Lipinski definition) is 6. The molecule has 6 nitrogen and oxygen atoms in total. The largest absolute Gasteiger partial charge is 0.456 e. The summed E-state index contributed by atoms with van der Waals surface area (Å²) in [6.45, 7) is 3.62. The maximum atomic E-state index is 11.5. The number of esters is 1. The molecule has 0 amide bonds. The molecule has 0 aromatic rings. The number of methoxy groups -OCH3 is 1. The van der Waals surface area contributed by atoms with E-state index in [1.165, 1.54) is 27.9 Å². The Morgan fingerprint density at radius 3 is 2.12 bits per heavy atom. The molecule has 0 N–H and O–H groups in total. The summed E-state index contributed by atoms with van der Waals surface area (Å²) in [5.74, 6) is -1.22. The first-order valence-electron chi connectivity index (χ1n) is 5.11. The molecule has 0 bridgehead atoms. The van der Waals surface area contributed by atoms with Crippen LogP contribution in [-0.2, 0) is 28.6 Å². The van der Waals surface area contributed by atoms with Gasteiger partial charge in [-0.2, -0.15) is 0 Å². The van der Waals surface area contributed by atoms with Gasteiger partial charge in [-0.1, -0.05) is 0 Å². The number of ether oxygens (including phenoxy) is 3. The Morgan fingerprint density at radius 2 is 1.65 bits per heavy atom. The number of Topliss-reactive ketones (excluding diaryl/α,β-unsaturated/α-hetero) is 2. The van der Waals surface area contributed by atoms with E-state index in [-0.39, 0.29) is 31.4 Å². The van der Waals surface area contributed by atoms with Crippen molar-refractivity contribution in [2.24, 2.45) is 0 Å². The van der Waals surface area contributed by atoms with Crippen molar-refractivity contribution in [1.29, 1.82) is 0 Å². The third-order valence-corrected chi connectivity index (χ3v) is 1.93. The van der Waals surface area contributed by atoms with Gasteiger partial charge in [0.2, 0.25) is 0 Å². The first-order valence-corrected chi connectivity index (χ1v) is 5.11. The lowest BCUT2D eigenvalue weighted by Gasteiger charge is -2.22. The van der Waals surface area contributed by atoms with Gasteiger partial charge in [-0.25, -0.2) is 4.79 Å². The highest BCUT2D eigenvalue weighted by Gasteiger charge is 2.29. The molecule has 0 aliphatic rings. The second kappa shape index (κ2) is 7.13. The number of carbonyl (C=O) groups is 3. The zero-order valence-corrected chi connectivity index (χ0v) is 10.6. The van der Waals surface area contributed by atoms with Crippen molar-refractivity contribution in [2.75, 3.05) is 26.9 Å². The predicted octanol–water partition coefficient (Wildman–Crippen LogP) is 0.129. The van der Waals surface area contributed by atoms with Crippen molar-refractivity contribution in [3.63, 3.8) is 0 Å². The van der Waals surface area contributed by atoms with Crippen LogP contribution in [0.2, 0.25) is 0 Å². The Labute approximate surface area is 100 Å². The van der Waals surface area contributed by atoms with Crippen LogP contribution in [0.15, 0.2) is 0 Å².